The summed E-state index contributed by atoms with van der Waals surface area (Å²) in [4.78, 5) is 17.1. The van der Waals surface area contributed by atoms with E-state index in [0.717, 1.165) is 29.7 Å². The van der Waals surface area contributed by atoms with Gasteiger partial charge in [0.15, 0.2) is 0 Å². The van der Waals surface area contributed by atoms with E-state index in [0.29, 0.717) is 24.8 Å². The zero-order valence-electron chi connectivity index (χ0n) is 18.8. The van der Waals surface area contributed by atoms with E-state index in [1.54, 1.807) is 6.20 Å². The highest BCUT2D eigenvalue weighted by Crippen LogP contribution is 2.25. The van der Waals surface area contributed by atoms with Crippen molar-refractivity contribution in [1.82, 2.24) is 20.1 Å². The van der Waals surface area contributed by atoms with Gasteiger partial charge in [0.1, 0.15) is 11.9 Å². The molecule has 0 unspecified atom stereocenters. The van der Waals surface area contributed by atoms with E-state index in [1.807, 2.05) is 41.1 Å². The van der Waals surface area contributed by atoms with Crippen molar-refractivity contribution in [2.75, 3.05) is 5.32 Å². The molecule has 1 aliphatic rings. The normalized spacial score (nSPS) is 14.0. The van der Waals surface area contributed by atoms with Crippen LogP contribution in [0.25, 0.3) is 0 Å². The number of rotatable bonds is 8. The number of carbonyl (C=O) groups excluding carboxylic acids is 1. The largest absolute Gasteiger partial charge is 0.474 e. The maximum atomic E-state index is 12.7. The Morgan fingerprint density at radius 1 is 1.16 bits per heavy atom. The van der Waals surface area contributed by atoms with Crippen molar-refractivity contribution < 1.29 is 9.53 Å². The minimum atomic E-state index is -0.287. The number of hydrogen-bond acceptors (Lipinski definition) is 4. The first-order chi connectivity index (χ1) is 15.6. The second-order valence-electron chi connectivity index (χ2n) is 8.55. The highest BCUT2D eigenvalue weighted by molar-refractivity contribution is 5.88. The van der Waals surface area contributed by atoms with Gasteiger partial charge in [-0.15, -0.1) is 0 Å². The predicted molar refractivity (Wildman–Crippen MR) is 125 cm³/mol. The molecule has 7 nitrogen and oxygen atoms in total. The highest BCUT2D eigenvalue weighted by atomic mass is 16.5. The first-order valence-electron chi connectivity index (χ1n) is 11.4. The van der Waals surface area contributed by atoms with Gasteiger partial charge in [-0.3, -0.25) is 5.32 Å². The zero-order chi connectivity index (χ0) is 22.3. The standard InChI is InChI=1S/C25H31N5O2/c1-18(2)22-15-23(30(29-22)17-19-9-4-3-5-10-19)28-25(31)27-16-20-11-8-14-26-24(20)32-21-12-6-7-13-21/h3-5,8-11,14-15,18,21H,6-7,12-13,16-17H2,1-2H3,(H2,27,28,31). The molecule has 32 heavy (non-hydrogen) atoms. The quantitative estimate of drug-likeness (QED) is 0.518. The van der Waals surface area contributed by atoms with Crippen molar-refractivity contribution in [3.63, 3.8) is 0 Å². The molecular weight excluding hydrogens is 402 g/mol. The van der Waals surface area contributed by atoms with E-state index < -0.39 is 0 Å². The summed E-state index contributed by atoms with van der Waals surface area (Å²) in [6.07, 6.45) is 6.47. The fourth-order valence-corrected chi connectivity index (χ4v) is 3.86. The number of carbonyl (C=O) groups is 1. The molecule has 0 aliphatic heterocycles. The number of urea groups is 1. The van der Waals surface area contributed by atoms with E-state index in [9.17, 15) is 4.79 Å². The lowest BCUT2D eigenvalue weighted by molar-refractivity contribution is 0.199. The average molecular weight is 434 g/mol. The molecule has 168 valence electrons. The Kier molecular flexibility index (Phi) is 7.04. The Bertz CT molecular complexity index is 1030. The molecule has 0 atom stereocenters. The highest BCUT2D eigenvalue weighted by Gasteiger charge is 2.19. The van der Waals surface area contributed by atoms with Gasteiger partial charge in [-0.2, -0.15) is 5.10 Å². The number of benzene rings is 1. The Morgan fingerprint density at radius 3 is 2.69 bits per heavy atom. The minimum Gasteiger partial charge on any atom is -0.474 e. The molecule has 0 bridgehead atoms. The molecule has 1 fully saturated rings. The Labute approximate surface area is 189 Å². The van der Waals surface area contributed by atoms with Crippen LogP contribution >= 0.6 is 0 Å². The van der Waals surface area contributed by atoms with Gasteiger partial charge in [0, 0.05) is 24.4 Å². The maximum absolute atomic E-state index is 12.7. The number of nitrogens with zero attached hydrogens (tertiary/aromatic N) is 3. The lowest BCUT2D eigenvalue weighted by atomic mass is 10.1. The zero-order valence-corrected chi connectivity index (χ0v) is 18.8. The number of nitrogens with one attached hydrogen (secondary N) is 2. The van der Waals surface area contributed by atoms with E-state index in [2.05, 4.69) is 41.6 Å². The Hall–Kier alpha value is -3.35. The second kappa shape index (κ2) is 10.3. The average Bonchev–Trinajstić information content (AvgIpc) is 3.44. The van der Waals surface area contributed by atoms with Crippen LogP contribution in [0.3, 0.4) is 0 Å². The van der Waals surface area contributed by atoms with Crippen LogP contribution in [-0.2, 0) is 13.1 Å². The third-order valence-corrected chi connectivity index (χ3v) is 5.68. The first kappa shape index (κ1) is 21.9. The molecule has 1 saturated carbocycles. The van der Waals surface area contributed by atoms with Crippen LogP contribution in [0.1, 0.15) is 62.3 Å². The number of anilines is 1. The van der Waals surface area contributed by atoms with Crippen molar-refractivity contribution in [3.8, 4) is 5.88 Å². The van der Waals surface area contributed by atoms with Gasteiger partial charge < -0.3 is 10.1 Å². The fourth-order valence-electron chi connectivity index (χ4n) is 3.86. The lowest BCUT2D eigenvalue weighted by Gasteiger charge is -2.15. The molecule has 2 heterocycles. The van der Waals surface area contributed by atoms with Crippen LogP contribution in [0.5, 0.6) is 5.88 Å². The van der Waals surface area contributed by atoms with Gasteiger partial charge in [-0.25, -0.2) is 14.5 Å². The van der Waals surface area contributed by atoms with Crippen LogP contribution < -0.4 is 15.4 Å². The summed E-state index contributed by atoms with van der Waals surface area (Å²) in [5.41, 5.74) is 2.93. The van der Waals surface area contributed by atoms with Crippen molar-refractivity contribution in [2.45, 2.75) is 64.6 Å². The second-order valence-corrected chi connectivity index (χ2v) is 8.55. The summed E-state index contributed by atoms with van der Waals surface area (Å²) in [6.45, 7) is 5.11. The third-order valence-electron chi connectivity index (χ3n) is 5.68. The molecule has 0 spiro atoms. The van der Waals surface area contributed by atoms with Crippen LogP contribution in [-0.4, -0.2) is 26.9 Å². The molecule has 2 aromatic heterocycles. The van der Waals surface area contributed by atoms with Gasteiger partial charge in [0.25, 0.3) is 0 Å². The van der Waals surface area contributed by atoms with Gasteiger partial charge in [-0.05, 0) is 43.2 Å². The Morgan fingerprint density at radius 2 is 1.94 bits per heavy atom. The van der Waals surface area contributed by atoms with Gasteiger partial charge in [0.05, 0.1) is 12.2 Å². The smallest absolute Gasteiger partial charge is 0.320 e. The summed E-state index contributed by atoms with van der Waals surface area (Å²) in [5, 5.41) is 10.6. The van der Waals surface area contributed by atoms with Crippen LogP contribution in [0, 0.1) is 0 Å². The van der Waals surface area contributed by atoms with Crippen LogP contribution in [0.15, 0.2) is 54.7 Å². The van der Waals surface area contributed by atoms with Crippen molar-refractivity contribution in [2.24, 2.45) is 0 Å². The predicted octanol–water partition coefficient (Wildman–Crippen LogP) is 5.09. The van der Waals surface area contributed by atoms with Crippen molar-refractivity contribution in [3.05, 3.63) is 71.5 Å². The minimum absolute atomic E-state index is 0.222. The van der Waals surface area contributed by atoms with E-state index in [1.165, 1.54) is 12.8 Å². The number of hydrogen-bond donors (Lipinski definition) is 2. The topological polar surface area (TPSA) is 81.1 Å². The molecule has 2 amide bonds. The summed E-state index contributed by atoms with van der Waals surface area (Å²) in [7, 11) is 0. The number of aromatic nitrogens is 3. The Balaban J connectivity index is 1.41. The molecule has 1 aliphatic carbocycles. The SMILES string of the molecule is CC(C)c1cc(NC(=O)NCc2cccnc2OC2CCCC2)n(Cc2ccccc2)n1. The molecule has 0 radical (unpaired) electrons. The molecule has 2 N–H and O–H groups in total. The summed E-state index contributed by atoms with van der Waals surface area (Å²) in [6, 6.07) is 15.5. The fraction of sp³-hybridized carbons (Fsp3) is 0.400. The van der Waals surface area contributed by atoms with Crippen LogP contribution in [0.4, 0.5) is 10.6 Å². The van der Waals surface area contributed by atoms with Crippen molar-refractivity contribution >= 4 is 11.8 Å². The van der Waals surface area contributed by atoms with Gasteiger partial charge >= 0.3 is 6.03 Å². The molecule has 4 rings (SSSR count). The van der Waals surface area contributed by atoms with Crippen LogP contribution in [0.2, 0.25) is 0 Å². The third kappa shape index (κ3) is 5.66. The van der Waals surface area contributed by atoms with E-state index in [-0.39, 0.29) is 18.1 Å². The monoisotopic (exact) mass is 433 g/mol. The first-order valence-corrected chi connectivity index (χ1v) is 11.4. The van der Waals surface area contributed by atoms with E-state index >= 15 is 0 Å². The maximum Gasteiger partial charge on any atom is 0.320 e. The molecular formula is C25H31N5O2. The lowest BCUT2D eigenvalue weighted by Crippen LogP contribution is -2.29. The van der Waals surface area contributed by atoms with E-state index in [4.69, 9.17) is 9.84 Å². The molecule has 7 heteroatoms. The summed E-state index contributed by atoms with van der Waals surface area (Å²) in [5.74, 6) is 1.54. The summed E-state index contributed by atoms with van der Waals surface area (Å²) >= 11 is 0. The number of amides is 2. The molecule has 3 aromatic rings. The van der Waals surface area contributed by atoms with Crippen molar-refractivity contribution in [1.29, 1.82) is 0 Å². The number of ether oxygens (including phenoxy) is 1. The molecule has 0 saturated heterocycles. The summed E-state index contributed by atoms with van der Waals surface area (Å²) < 4.78 is 7.91. The van der Waals surface area contributed by atoms with Gasteiger partial charge in [0.2, 0.25) is 5.88 Å². The number of pyridine rings is 1. The van der Waals surface area contributed by atoms with Gasteiger partial charge in [-0.1, -0.05) is 50.2 Å². The molecule has 1 aromatic carbocycles.